The molecule has 1 heterocycles. The highest BCUT2D eigenvalue weighted by Crippen LogP contribution is 2.27. The highest BCUT2D eigenvalue weighted by atomic mass is 16.6. The topological polar surface area (TPSA) is 145 Å². The van der Waals surface area contributed by atoms with E-state index in [9.17, 15) is 29.3 Å². The lowest BCUT2D eigenvalue weighted by atomic mass is 10.1. The predicted octanol–water partition coefficient (Wildman–Crippen LogP) is 3.39. The number of aryl methyl sites for hydroxylation is 1. The van der Waals surface area contributed by atoms with Gasteiger partial charge in [0.05, 0.1) is 23.0 Å². The molecule has 11 heteroatoms. The van der Waals surface area contributed by atoms with Crippen LogP contribution in [0.25, 0.3) is 0 Å². The molecule has 1 saturated heterocycles. The molecule has 2 aromatic carbocycles. The van der Waals surface area contributed by atoms with Gasteiger partial charge in [-0.15, -0.1) is 0 Å². The van der Waals surface area contributed by atoms with Gasteiger partial charge in [-0.3, -0.25) is 24.5 Å². The molecule has 3 rings (SSSR count). The smallest absolute Gasteiger partial charge is 0.338 e. The van der Waals surface area contributed by atoms with Crippen molar-refractivity contribution in [3.63, 3.8) is 0 Å². The Morgan fingerprint density at radius 2 is 1.86 bits per heavy atom. The zero-order valence-electron chi connectivity index (χ0n) is 20.0. The summed E-state index contributed by atoms with van der Waals surface area (Å²) in [5.74, 6) is -2.85. The zero-order valence-corrected chi connectivity index (χ0v) is 20.0. The molecule has 0 radical (unpaired) electrons. The maximum atomic E-state index is 12.5. The molecule has 0 saturated carbocycles. The number of ether oxygens (including phenoxy) is 2. The maximum Gasteiger partial charge on any atom is 0.338 e. The standard InChI is InChI=1S/C25H27N3O8/c1-3-4-11-35-24(31)17-6-9-20(10-7-17)27-14-18(12-23(27)30)25(32)36-15-22(29)26-19-8-5-16(2)21(13-19)28(33)34/h5-10,13,18H,3-4,11-12,14-15H2,1-2H3,(H,26,29)/t18-/m1/s1. The Bertz CT molecular complexity index is 1160. The molecule has 1 aliphatic heterocycles. The molecule has 2 amide bonds. The number of carbonyl (C=O) groups is 4. The number of hydrogen-bond acceptors (Lipinski definition) is 8. The van der Waals surface area contributed by atoms with Gasteiger partial charge in [-0.1, -0.05) is 19.4 Å². The number of amides is 2. The van der Waals surface area contributed by atoms with E-state index < -0.39 is 35.3 Å². The Kier molecular flexibility index (Phi) is 8.71. The van der Waals surface area contributed by atoms with Crippen LogP contribution in [0, 0.1) is 23.0 Å². The van der Waals surface area contributed by atoms with E-state index in [0.717, 1.165) is 12.8 Å². The Balaban J connectivity index is 1.51. The summed E-state index contributed by atoms with van der Waals surface area (Å²) >= 11 is 0. The number of unbranched alkanes of at least 4 members (excludes halogenated alkanes) is 1. The number of nitrogens with zero attached hydrogens (tertiary/aromatic N) is 2. The van der Waals surface area contributed by atoms with E-state index in [-0.39, 0.29) is 30.2 Å². The Labute approximate surface area is 207 Å². The normalized spacial score (nSPS) is 14.9. The minimum Gasteiger partial charge on any atom is -0.462 e. The number of carbonyl (C=O) groups excluding carboxylic acids is 4. The van der Waals surface area contributed by atoms with Crippen molar-refractivity contribution >= 4 is 40.8 Å². The van der Waals surface area contributed by atoms with Gasteiger partial charge >= 0.3 is 11.9 Å². The van der Waals surface area contributed by atoms with E-state index in [1.165, 1.54) is 23.1 Å². The molecule has 0 spiro atoms. The summed E-state index contributed by atoms with van der Waals surface area (Å²) in [7, 11) is 0. The number of anilines is 2. The molecule has 36 heavy (non-hydrogen) atoms. The van der Waals surface area contributed by atoms with Crippen molar-refractivity contribution in [3.05, 3.63) is 63.7 Å². The van der Waals surface area contributed by atoms with Crippen LogP contribution in [-0.4, -0.2) is 48.4 Å². The van der Waals surface area contributed by atoms with Crippen LogP contribution >= 0.6 is 0 Å². The maximum absolute atomic E-state index is 12.5. The molecule has 1 aliphatic rings. The van der Waals surface area contributed by atoms with Gasteiger partial charge in [0.2, 0.25) is 5.91 Å². The highest BCUT2D eigenvalue weighted by molar-refractivity contribution is 6.00. The minimum absolute atomic E-state index is 0.0732. The lowest BCUT2D eigenvalue weighted by Gasteiger charge is -2.17. The first-order valence-electron chi connectivity index (χ1n) is 11.5. The van der Waals surface area contributed by atoms with Gasteiger partial charge < -0.3 is 19.7 Å². The van der Waals surface area contributed by atoms with Crippen molar-refractivity contribution in [1.29, 1.82) is 0 Å². The van der Waals surface area contributed by atoms with Crippen molar-refractivity contribution < 1.29 is 33.6 Å². The number of benzene rings is 2. The number of rotatable bonds is 10. The molecule has 11 nitrogen and oxygen atoms in total. The average Bonchev–Trinajstić information content (AvgIpc) is 3.25. The van der Waals surface area contributed by atoms with Gasteiger partial charge in [0, 0.05) is 36.0 Å². The van der Waals surface area contributed by atoms with Crippen LogP contribution in [0.3, 0.4) is 0 Å². The zero-order chi connectivity index (χ0) is 26.2. The minimum atomic E-state index is -0.760. The Morgan fingerprint density at radius 1 is 1.14 bits per heavy atom. The summed E-state index contributed by atoms with van der Waals surface area (Å²) < 4.78 is 10.2. The molecule has 2 aromatic rings. The molecule has 0 bridgehead atoms. The van der Waals surface area contributed by atoms with E-state index in [4.69, 9.17) is 9.47 Å². The first kappa shape index (κ1) is 26.3. The van der Waals surface area contributed by atoms with Gasteiger partial charge in [-0.05, 0) is 43.7 Å². The number of esters is 2. The van der Waals surface area contributed by atoms with Gasteiger partial charge in [0.25, 0.3) is 11.6 Å². The summed E-state index contributed by atoms with van der Waals surface area (Å²) in [6, 6.07) is 10.6. The monoisotopic (exact) mass is 497 g/mol. The number of hydrogen-bond donors (Lipinski definition) is 1. The Hall–Kier alpha value is -4.28. The van der Waals surface area contributed by atoms with E-state index in [1.54, 1.807) is 31.2 Å². The lowest BCUT2D eigenvalue weighted by Crippen LogP contribution is -2.28. The van der Waals surface area contributed by atoms with Crippen molar-refractivity contribution in [1.82, 2.24) is 0 Å². The van der Waals surface area contributed by atoms with Gasteiger partial charge in [0.1, 0.15) is 0 Å². The predicted molar refractivity (Wildman–Crippen MR) is 130 cm³/mol. The second-order valence-electron chi connectivity index (χ2n) is 8.36. The van der Waals surface area contributed by atoms with Crippen LogP contribution < -0.4 is 10.2 Å². The lowest BCUT2D eigenvalue weighted by molar-refractivity contribution is -0.385. The quantitative estimate of drug-likeness (QED) is 0.228. The summed E-state index contributed by atoms with van der Waals surface area (Å²) in [4.78, 5) is 61.0. The summed E-state index contributed by atoms with van der Waals surface area (Å²) in [5, 5.41) is 13.5. The summed E-state index contributed by atoms with van der Waals surface area (Å²) in [6.45, 7) is 3.39. The molecule has 190 valence electrons. The van der Waals surface area contributed by atoms with E-state index in [1.807, 2.05) is 6.92 Å². The molecule has 0 unspecified atom stereocenters. The first-order valence-corrected chi connectivity index (χ1v) is 11.5. The summed E-state index contributed by atoms with van der Waals surface area (Å²) in [6.07, 6.45) is 1.61. The molecule has 0 aromatic heterocycles. The number of nitro benzene ring substituents is 1. The first-order chi connectivity index (χ1) is 17.2. The van der Waals surface area contributed by atoms with Crippen LogP contribution in [-0.2, 0) is 23.9 Å². The van der Waals surface area contributed by atoms with Crippen LogP contribution in [0.4, 0.5) is 17.1 Å². The third-order valence-electron chi connectivity index (χ3n) is 5.64. The third kappa shape index (κ3) is 6.65. The van der Waals surface area contributed by atoms with Crippen LogP contribution in [0.15, 0.2) is 42.5 Å². The number of nitro groups is 1. The van der Waals surface area contributed by atoms with E-state index >= 15 is 0 Å². The largest absolute Gasteiger partial charge is 0.462 e. The van der Waals surface area contributed by atoms with E-state index in [2.05, 4.69) is 5.32 Å². The van der Waals surface area contributed by atoms with Gasteiger partial charge in [-0.2, -0.15) is 0 Å². The molecule has 1 N–H and O–H groups in total. The highest BCUT2D eigenvalue weighted by Gasteiger charge is 2.36. The van der Waals surface area contributed by atoms with Gasteiger partial charge in [0.15, 0.2) is 6.61 Å². The average molecular weight is 498 g/mol. The molecular weight excluding hydrogens is 470 g/mol. The molecular formula is C25H27N3O8. The van der Waals surface area contributed by atoms with Gasteiger partial charge in [-0.25, -0.2) is 4.79 Å². The SMILES string of the molecule is CCCCOC(=O)c1ccc(N2C[C@H](C(=O)OCC(=O)Nc3ccc(C)c([N+](=O)[O-])c3)CC2=O)cc1. The fourth-order valence-corrected chi connectivity index (χ4v) is 3.62. The fraction of sp³-hybridized carbons (Fsp3) is 0.360. The van der Waals surface area contributed by atoms with Crippen LogP contribution in [0.5, 0.6) is 0 Å². The van der Waals surface area contributed by atoms with Crippen molar-refractivity contribution in [2.24, 2.45) is 5.92 Å². The number of nitrogens with one attached hydrogen (secondary N) is 1. The Morgan fingerprint density at radius 3 is 2.53 bits per heavy atom. The molecule has 1 fully saturated rings. The summed E-state index contributed by atoms with van der Waals surface area (Å²) in [5.41, 5.74) is 1.40. The molecule has 1 atom stereocenters. The van der Waals surface area contributed by atoms with E-state index in [0.29, 0.717) is 23.4 Å². The molecule has 0 aliphatic carbocycles. The second-order valence-corrected chi connectivity index (χ2v) is 8.36. The second kappa shape index (κ2) is 11.9. The third-order valence-corrected chi connectivity index (χ3v) is 5.64. The van der Waals surface area contributed by atoms with Crippen molar-refractivity contribution in [3.8, 4) is 0 Å². The van der Waals surface area contributed by atoms with Crippen molar-refractivity contribution in [2.75, 3.05) is 30.0 Å². The van der Waals surface area contributed by atoms with Crippen LogP contribution in [0.1, 0.15) is 42.1 Å². The fourth-order valence-electron chi connectivity index (χ4n) is 3.62. The van der Waals surface area contributed by atoms with Crippen molar-refractivity contribution in [2.45, 2.75) is 33.1 Å². The van der Waals surface area contributed by atoms with Crippen LogP contribution in [0.2, 0.25) is 0 Å².